The Hall–Kier alpha value is -1.73. The zero-order chi connectivity index (χ0) is 13.9. The molecule has 0 saturated heterocycles. The average Bonchev–Trinajstić information content (AvgIpc) is 2.81. The van der Waals surface area contributed by atoms with Crippen molar-refractivity contribution in [1.29, 1.82) is 0 Å². The molecule has 0 radical (unpaired) electrons. The predicted molar refractivity (Wildman–Crippen MR) is 75.8 cm³/mol. The summed E-state index contributed by atoms with van der Waals surface area (Å²) in [5.41, 5.74) is 1.08. The Bertz CT molecular complexity index is 655. The zero-order valence-corrected chi connectivity index (χ0v) is 11.7. The molecule has 2 rings (SSSR count). The Balaban J connectivity index is 2.13. The van der Waals surface area contributed by atoms with E-state index in [1.807, 2.05) is 0 Å². The molecule has 19 heavy (non-hydrogen) atoms. The van der Waals surface area contributed by atoms with Gasteiger partial charge in [-0.05, 0) is 18.2 Å². The number of hydrogen-bond acceptors (Lipinski definition) is 4. The maximum absolute atomic E-state index is 11.2. The van der Waals surface area contributed by atoms with Gasteiger partial charge in [0.2, 0.25) is 10.0 Å². The quantitative estimate of drug-likeness (QED) is 0.788. The lowest BCUT2D eigenvalue weighted by atomic mass is 10.3. The van der Waals surface area contributed by atoms with Crippen molar-refractivity contribution in [2.75, 3.05) is 16.3 Å². The summed E-state index contributed by atoms with van der Waals surface area (Å²) in [6.07, 6.45) is 4.47. The molecular weight excluding hydrogens is 288 g/mol. The van der Waals surface area contributed by atoms with E-state index in [0.717, 1.165) is 12.1 Å². The van der Waals surface area contributed by atoms with Crippen LogP contribution in [-0.4, -0.2) is 24.6 Å². The molecule has 0 saturated carbocycles. The van der Waals surface area contributed by atoms with Crippen LogP contribution in [0.25, 0.3) is 0 Å². The summed E-state index contributed by atoms with van der Waals surface area (Å²) < 4.78 is 24.7. The van der Waals surface area contributed by atoms with E-state index in [2.05, 4.69) is 20.0 Å². The number of hydrogen-bond donors (Lipinski definition) is 3. The molecule has 8 heteroatoms. The van der Waals surface area contributed by atoms with Crippen molar-refractivity contribution in [2.24, 2.45) is 0 Å². The van der Waals surface area contributed by atoms with Gasteiger partial charge in [0.15, 0.2) is 0 Å². The fourth-order valence-corrected chi connectivity index (χ4v) is 2.25. The maximum Gasteiger partial charge on any atom is 0.229 e. The van der Waals surface area contributed by atoms with Gasteiger partial charge in [-0.2, -0.15) is 0 Å². The highest BCUT2D eigenvalue weighted by Crippen LogP contribution is 2.26. The summed E-state index contributed by atoms with van der Waals surface area (Å²) in [6, 6.07) is 4.85. The molecule has 0 aliphatic heterocycles. The number of aromatic amines is 1. The van der Waals surface area contributed by atoms with Crippen LogP contribution in [0.15, 0.2) is 30.6 Å². The van der Waals surface area contributed by atoms with E-state index in [-0.39, 0.29) is 0 Å². The fourth-order valence-electron chi connectivity index (χ4n) is 1.51. The average molecular weight is 301 g/mol. The number of anilines is 2. The van der Waals surface area contributed by atoms with E-state index < -0.39 is 10.0 Å². The van der Waals surface area contributed by atoms with Gasteiger partial charge >= 0.3 is 0 Å². The zero-order valence-electron chi connectivity index (χ0n) is 10.1. The van der Waals surface area contributed by atoms with Gasteiger partial charge in [-0.3, -0.25) is 4.72 Å². The topological polar surface area (TPSA) is 86.9 Å². The second-order valence-corrected chi connectivity index (χ2v) is 6.11. The minimum Gasteiger partial charge on any atom is -0.377 e. The van der Waals surface area contributed by atoms with Crippen LogP contribution < -0.4 is 10.0 Å². The first-order valence-corrected chi connectivity index (χ1v) is 7.70. The predicted octanol–water partition coefficient (Wildman–Crippen LogP) is 2.05. The molecule has 6 nitrogen and oxygen atoms in total. The summed E-state index contributed by atoms with van der Waals surface area (Å²) in [5.74, 6) is 0.762. The third kappa shape index (κ3) is 4.15. The largest absolute Gasteiger partial charge is 0.377 e. The Labute approximate surface area is 116 Å². The monoisotopic (exact) mass is 300 g/mol. The summed E-state index contributed by atoms with van der Waals surface area (Å²) in [4.78, 5) is 7.02. The number of halogens is 1. The molecule has 0 unspecified atom stereocenters. The normalized spacial score (nSPS) is 11.3. The lowest BCUT2D eigenvalue weighted by Crippen LogP contribution is -2.10. The van der Waals surface area contributed by atoms with Crippen molar-refractivity contribution >= 4 is 33.0 Å². The smallest absolute Gasteiger partial charge is 0.229 e. The van der Waals surface area contributed by atoms with Crippen LogP contribution in [-0.2, 0) is 16.6 Å². The van der Waals surface area contributed by atoms with Gasteiger partial charge in [-0.1, -0.05) is 11.6 Å². The molecule has 102 valence electrons. The standard InChI is InChI=1S/C11H13ClN4O2S/c1-19(17,18)16-8-2-3-9(12)10(6-8)15-7-11-13-4-5-14-11/h2-6,15-16H,7H2,1H3,(H,13,14). The number of benzene rings is 1. The van der Waals surface area contributed by atoms with Crippen molar-refractivity contribution in [2.45, 2.75) is 6.54 Å². The van der Waals surface area contributed by atoms with Crippen LogP contribution in [0.3, 0.4) is 0 Å². The second-order valence-electron chi connectivity index (χ2n) is 3.96. The van der Waals surface area contributed by atoms with Gasteiger partial charge in [0.25, 0.3) is 0 Å². The third-order valence-corrected chi connectivity index (χ3v) is 3.21. The van der Waals surface area contributed by atoms with Gasteiger partial charge in [0.1, 0.15) is 5.82 Å². The van der Waals surface area contributed by atoms with Crippen LogP contribution in [0.1, 0.15) is 5.82 Å². The highest BCUT2D eigenvalue weighted by molar-refractivity contribution is 7.92. The molecule has 1 heterocycles. The first-order valence-electron chi connectivity index (χ1n) is 5.43. The minimum atomic E-state index is -3.30. The Kier molecular flexibility index (Phi) is 3.96. The third-order valence-electron chi connectivity index (χ3n) is 2.27. The van der Waals surface area contributed by atoms with E-state index in [1.165, 1.54) is 0 Å². The number of rotatable bonds is 5. The van der Waals surface area contributed by atoms with Crippen molar-refractivity contribution in [1.82, 2.24) is 9.97 Å². The van der Waals surface area contributed by atoms with E-state index in [9.17, 15) is 8.42 Å². The number of imidazole rings is 1. The van der Waals surface area contributed by atoms with Crippen LogP contribution >= 0.6 is 11.6 Å². The highest BCUT2D eigenvalue weighted by atomic mass is 35.5. The van der Waals surface area contributed by atoms with Gasteiger partial charge in [0.05, 0.1) is 29.2 Å². The Morgan fingerprint density at radius 1 is 1.42 bits per heavy atom. The first-order chi connectivity index (χ1) is 8.94. The van der Waals surface area contributed by atoms with Crippen LogP contribution in [0.5, 0.6) is 0 Å². The van der Waals surface area contributed by atoms with Crippen LogP contribution in [0, 0.1) is 0 Å². The van der Waals surface area contributed by atoms with Crippen molar-refractivity contribution in [3.05, 3.63) is 41.4 Å². The summed E-state index contributed by atoms with van der Waals surface area (Å²) in [6.45, 7) is 0.467. The molecule has 3 N–H and O–H groups in total. The summed E-state index contributed by atoms with van der Waals surface area (Å²) >= 11 is 6.04. The molecule has 1 aromatic heterocycles. The van der Waals surface area contributed by atoms with Crippen molar-refractivity contribution in [3.63, 3.8) is 0 Å². The lowest BCUT2D eigenvalue weighted by Gasteiger charge is -2.10. The molecule has 0 bridgehead atoms. The Morgan fingerprint density at radius 3 is 2.84 bits per heavy atom. The first kappa shape index (κ1) is 13.7. The van der Waals surface area contributed by atoms with E-state index in [0.29, 0.717) is 22.9 Å². The molecular formula is C11H13ClN4O2S. The molecule has 2 aromatic rings. The maximum atomic E-state index is 11.2. The number of nitrogens with one attached hydrogen (secondary N) is 3. The molecule has 1 aromatic carbocycles. The van der Waals surface area contributed by atoms with E-state index >= 15 is 0 Å². The van der Waals surface area contributed by atoms with Gasteiger partial charge < -0.3 is 10.3 Å². The number of aromatic nitrogens is 2. The van der Waals surface area contributed by atoms with Crippen molar-refractivity contribution < 1.29 is 8.42 Å². The summed E-state index contributed by atoms with van der Waals surface area (Å²) in [5, 5.41) is 3.59. The number of H-pyrrole nitrogens is 1. The summed E-state index contributed by atoms with van der Waals surface area (Å²) in [7, 11) is -3.30. The lowest BCUT2D eigenvalue weighted by molar-refractivity contribution is 0.607. The Morgan fingerprint density at radius 2 is 2.21 bits per heavy atom. The van der Waals surface area contributed by atoms with Gasteiger partial charge in [-0.15, -0.1) is 0 Å². The number of nitrogens with zero attached hydrogens (tertiary/aromatic N) is 1. The molecule has 0 fully saturated rings. The molecule has 0 spiro atoms. The molecule has 0 atom stereocenters. The highest BCUT2D eigenvalue weighted by Gasteiger charge is 2.06. The van der Waals surface area contributed by atoms with Gasteiger partial charge in [0, 0.05) is 12.4 Å². The fraction of sp³-hybridized carbons (Fsp3) is 0.182. The van der Waals surface area contributed by atoms with E-state index in [1.54, 1.807) is 30.6 Å². The van der Waals surface area contributed by atoms with E-state index in [4.69, 9.17) is 11.6 Å². The molecule has 0 aliphatic carbocycles. The van der Waals surface area contributed by atoms with Crippen molar-refractivity contribution in [3.8, 4) is 0 Å². The van der Waals surface area contributed by atoms with Crippen LogP contribution in [0.4, 0.5) is 11.4 Å². The SMILES string of the molecule is CS(=O)(=O)Nc1ccc(Cl)c(NCc2ncc[nH]2)c1. The van der Waals surface area contributed by atoms with Crippen LogP contribution in [0.2, 0.25) is 5.02 Å². The minimum absolute atomic E-state index is 0.453. The number of sulfonamides is 1. The second kappa shape index (κ2) is 5.50. The molecule has 0 aliphatic rings. The molecule has 0 amide bonds. The van der Waals surface area contributed by atoms with Gasteiger partial charge in [-0.25, -0.2) is 13.4 Å².